The number of benzene rings is 7. The average Bonchev–Trinajstić information content (AvgIpc) is 3.42. The predicted molar refractivity (Wildman–Crippen MR) is 191 cm³/mol. The van der Waals surface area contributed by atoms with Crippen LogP contribution in [0.25, 0.3) is 77.4 Å². The molecule has 1 heterocycles. The van der Waals surface area contributed by atoms with Crippen molar-refractivity contribution in [2.75, 3.05) is 0 Å². The average molecular weight is 562 g/mol. The van der Waals surface area contributed by atoms with Gasteiger partial charge in [0.2, 0.25) is 0 Å². The molecule has 208 valence electrons. The highest BCUT2D eigenvalue weighted by molar-refractivity contribution is 6.21. The van der Waals surface area contributed by atoms with E-state index in [0.717, 1.165) is 0 Å². The zero-order valence-electron chi connectivity index (χ0n) is 24.6. The molecular weight excluding hydrogens is 530 g/mol. The number of para-hydroxylation sites is 2. The molecule has 1 aromatic heterocycles. The molecule has 0 amide bonds. The van der Waals surface area contributed by atoms with Crippen molar-refractivity contribution >= 4 is 49.4 Å². The first-order valence-electron chi connectivity index (χ1n) is 15.2. The van der Waals surface area contributed by atoms with Gasteiger partial charge in [0, 0.05) is 16.5 Å². The van der Waals surface area contributed by atoms with Gasteiger partial charge in [0.25, 0.3) is 0 Å². The highest BCUT2D eigenvalue weighted by Gasteiger charge is 2.17. The van der Waals surface area contributed by atoms with Gasteiger partial charge in [-0.1, -0.05) is 140 Å². The zero-order valence-corrected chi connectivity index (χ0v) is 24.6. The number of hydrogen-bond donors (Lipinski definition) is 0. The minimum absolute atomic E-state index is 1.17. The molecule has 7 aromatic carbocycles. The maximum absolute atomic E-state index is 2.38. The van der Waals surface area contributed by atoms with Gasteiger partial charge >= 0.3 is 0 Å². The molecule has 0 aliphatic heterocycles. The molecule has 0 saturated heterocycles. The Morgan fingerprint density at radius 2 is 0.932 bits per heavy atom. The molecule has 0 N–H and O–H groups in total. The number of hydrogen-bond acceptors (Lipinski definition) is 0. The molecule has 0 saturated carbocycles. The summed E-state index contributed by atoms with van der Waals surface area (Å²) in [4.78, 5) is 0. The third kappa shape index (κ3) is 4.25. The van der Waals surface area contributed by atoms with Gasteiger partial charge in [-0.25, -0.2) is 0 Å². The number of fused-ring (bicyclic) bond motifs is 5. The van der Waals surface area contributed by atoms with Crippen molar-refractivity contribution in [2.24, 2.45) is 0 Å². The lowest BCUT2D eigenvalue weighted by molar-refractivity contribution is 1.18. The van der Waals surface area contributed by atoms with Crippen LogP contribution in [0, 0.1) is 0 Å². The maximum atomic E-state index is 2.38. The van der Waals surface area contributed by atoms with Gasteiger partial charge in [-0.05, 0) is 86.6 Å². The topological polar surface area (TPSA) is 4.93 Å². The van der Waals surface area contributed by atoms with E-state index in [9.17, 15) is 0 Å². The maximum Gasteiger partial charge on any atom is 0.0541 e. The van der Waals surface area contributed by atoms with E-state index in [1.165, 1.54) is 76.9 Å². The first-order chi connectivity index (χ1) is 21.8. The number of aromatic nitrogens is 1. The summed E-state index contributed by atoms with van der Waals surface area (Å²) in [5.41, 5.74) is 9.82. The molecule has 8 aromatic rings. The summed E-state index contributed by atoms with van der Waals surface area (Å²) in [6.45, 7) is 2.04. The molecule has 8 rings (SSSR count). The molecule has 0 spiro atoms. The Labute approximate surface area is 257 Å². The normalized spacial score (nSPS) is 12.0. The van der Waals surface area contributed by atoms with E-state index in [4.69, 9.17) is 0 Å². The van der Waals surface area contributed by atoms with Crippen molar-refractivity contribution in [2.45, 2.75) is 6.92 Å². The van der Waals surface area contributed by atoms with Crippen LogP contribution in [-0.4, -0.2) is 4.57 Å². The van der Waals surface area contributed by atoms with Crippen molar-refractivity contribution in [3.8, 4) is 27.9 Å². The van der Waals surface area contributed by atoms with Gasteiger partial charge in [-0.2, -0.15) is 0 Å². The Kier molecular flexibility index (Phi) is 6.43. The van der Waals surface area contributed by atoms with Crippen LogP contribution in [0.3, 0.4) is 0 Å². The first kappa shape index (κ1) is 26.0. The molecular formula is C43H31N. The highest BCUT2D eigenvalue weighted by atomic mass is 15.0. The van der Waals surface area contributed by atoms with E-state index in [1.54, 1.807) is 0 Å². The largest absolute Gasteiger partial charge is 0.309 e. The summed E-state index contributed by atoms with van der Waals surface area (Å²) >= 11 is 0. The number of allylic oxidation sites excluding steroid dienone is 3. The van der Waals surface area contributed by atoms with Crippen LogP contribution in [-0.2, 0) is 0 Å². The van der Waals surface area contributed by atoms with Gasteiger partial charge in [0.1, 0.15) is 0 Å². The quantitative estimate of drug-likeness (QED) is 0.145. The fourth-order valence-corrected chi connectivity index (χ4v) is 6.80. The minimum Gasteiger partial charge on any atom is -0.309 e. The third-order valence-electron chi connectivity index (χ3n) is 8.69. The molecule has 0 atom stereocenters. The van der Waals surface area contributed by atoms with Crippen LogP contribution in [0.2, 0.25) is 0 Å². The third-order valence-corrected chi connectivity index (χ3v) is 8.69. The monoisotopic (exact) mass is 561 g/mol. The summed E-state index contributed by atoms with van der Waals surface area (Å²) in [6, 6.07) is 53.1. The molecule has 1 heteroatoms. The molecule has 0 unspecified atom stereocenters. The van der Waals surface area contributed by atoms with Crippen molar-refractivity contribution in [3.05, 3.63) is 169 Å². The van der Waals surface area contributed by atoms with Crippen LogP contribution in [0.1, 0.15) is 12.5 Å². The van der Waals surface area contributed by atoms with E-state index in [1.807, 2.05) is 6.92 Å². The van der Waals surface area contributed by atoms with Crippen molar-refractivity contribution in [1.82, 2.24) is 4.57 Å². The van der Waals surface area contributed by atoms with Crippen LogP contribution in [0.5, 0.6) is 0 Å². The minimum atomic E-state index is 1.17. The number of nitrogens with zero attached hydrogens (tertiary/aromatic N) is 1. The van der Waals surface area contributed by atoms with E-state index in [-0.39, 0.29) is 0 Å². The fraction of sp³-hybridized carbons (Fsp3) is 0.0233. The lowest BCUT2D eigenvalue weighted by atomic mass is 9.85. The Bertz CT molecular complexity index is 2270. The van der Waals surface area contributed by atoms with Gasteiger partial charge in [0.05, 0.1) is 11.0 Å². The Morgan fingerprint density at radius 1 is 0.432 bits per heavy atom. The molecule has 0 aliphatic carbocycles. The molecule has 44 heavy (non-hydrogen) atoms. The van der Waals surface area contributed by atoms with Gasteiger partial charge < -0.3 is 4.57 Å². The van der Waals surface area contributed by atoms with Crippen molar-refractivity contribution in [3.63, 3.8) is 0 Å². The molecule has 0 radical (unpaired) electrons. The van der Waals surface area contributed by atoms with Crippen LogP contribution in [0.15, 0.2) is 164 Å². The van der Waals surface area contributed by atoms with Crippen molar-refractivity contribution in [1.29, 1.82) is 0 Å². The smallest absolute Gasteiger partial charge is 0.0541 e. The SMILES string of the molecule is C/C=C\C=C/c1cccc(-c2c3ccccc3c(-c3ccc(-n4c5ccccc5c5ccccc54)cc3)c3ccccc23)c1. The van der Waals surface area contributed by atoms with Crippen LogP contribution < -0.4 is 0 Å². The summed E-state index contributed by atoms with van der Waals surface area (Å²) < 4.78 is 2.38. The van der Waals surface area contributed by atoms with E-state index < -0.39 is 0 Å². The Morgan fingerprint density at radius 3 is 1.48 bits per heavy atom. The molecule has 0 bridgehead atoms. The molecule has 1 nitrogen and oxygen atoms in total. The zero-order chi connectivity index (χ0) is 29.5. The van der Waals surface area contributed by atoms with Gasteiger partial charge in [-0.3, -0.25) is 0 Å². The summed E-state index contributed by atoms with van der Waals surface area (Å²) in [5.74, 6) is 0. The summed E-state index contributed by atoms with van der Waals surface area (Å²) in [5, 5.41) is 7.62. The molecule has 0 aliphatic rings. The standard InChI is InChI=1S/C43H31N/c1-2-3-4-14-30-15-13-16-32(29-30)43-38-21-7-5-19-36(38)42(37-20-6-8-22-39(37)43)31-25-27-33(28-26-31)44-40-23-11-9-17-34(40)35-18-10-12-24-41(35)44/h2-29H,1H3/b3-2-,14-4-. The van der Waals surface area contributed by atoms with E-state index in [0.29, 0.717) is 0 Å². The van der Waals surface area contributed by atoms with Gasteiger partial charge in [0.15, 0.2) is 0 Å². The fourth-order valence-electron chi connectivity index (χ4n) is 6.80. The second-order valence-electron chi connectivity index (χ2n) is 11.3. The lowest BCUT2D eigenvalue weighted by Gasteiger charge is -2.18. The summed E-state index contributed by atoms with van der Waals surface area (Å²) in [6.07, 6.45) is 8.39. The second kappa shape index (κ2) is 10.9. The second-order valence-corrected chi connectivity index (χ2v) is 11.3. The summed E-state index contributed by atoms with van der Waals surface area (Å²) in [7, 11) is 0. The van der Waals surface area contributed by atoms with Crippen LogP contribution >= 0.6 is 0 Å². The Balaban J connectivity index is 1.33. The lowest BCUT2D eigenvalue weighted by Crippen LogP contribution is -1.94. The molecule has 0 fully saturated rings. The van der Waals surface area contributed by atoms with E-state index in [2.05, 4.69) is 174 Å². The Hall–Kier alpha value is -5.66. The number of rotatable bonds is 5. The van der Waals surface area contributed by atoms with E-state index >= 15 is 0 Å². The van der Waals surface area contributed by atoms with Gasteiger partial charge in [-0.15, -0.1) is 0 Å². The van der Waals surface area contributed by atoms with Crippen LogP contribution in [0.4, 0.5) is 0 Å². The van der Waals surface area contributed by atoms with Crippen molar-refractivity contribution < 1.29 is 0 Å². The highest BCUT2D eigenvalue weighted by Crippen LogP contribution is 2.44. The first-order valence-corrected chi connectivity index (χ1v) is 15.2. The predicted octanol–water partition coefficient (Wildman–Crippen LogP) is 12.0.